The minimum atomic E-state index is -3.42. The van der Waals surface area contributed by atoms with Crippen molar-refractivity contribution in [1.29, 1.82) is 0 Å². The molecule has 2 saturated carbocycles. The molecule has 234 valence electrons. The van der Waals surface area contributed by atoms with Crippen LogP contribution in [0.2, 0.25) is 0 Å². The van der Waals surface area contributed by atoms with E-state index >= 15 is 8.78 Å². The van der Waals surface area contributed by atoms with Gasteiger partial charge in [-0.05, 0) is 55.9 Å². The van der Waals surface area contributed by atoms with Gasteiger partial charge in [-0.15, -0.1) is 0 Å². The number of fused-ring (bicyclic) bond motifs is 1. The van der Waals surface area contributed by atoms with E-state index in [2.05, 4.69) is 8.75 Å². The molecule has 4 nitrogen and oxygen atoms in total. The highest BCUT2D eigenvalue weighted by molar-refractivity contribution is 7.00. The molecule has 2 aliphatic carbocycles. The lowest BCUT2D eigenvalue weighted by molar-refractivity contribution is -0.223. The lowest BCUT2D eigenvalue weighted by Gasteiger charge is -2.32. The Labute approximate surface area is 255 Å². The Kier molecular flexibility index (Phi) is 8.52. The van der Waals surface area contributed by atoms with Crippen LogP contribution in [-0.2, 0) is 0 Å². The first-order valence-corrected chi connectivity index (χ1v) is 15.7. The van der Waals surface area contributed by atoms with E-state index in [1.165, 1.54) is 36.4 Å². The van der Waals surface area contributed by atoms with E-state index in [1.54, 1.807) is 0 Å². The fraction of sp³-hybridized carbons (Fsp3) is 0.455. The second kappa shape index (κ2) is 12.2. The van der Waals surface area contributed by atoms with Crippen LogP contribution in [-0.4, -0.2) is 21.0 Å². The number of nitrogens with zero attached hydrogens (tertiary/aromatic N) is 2. The van der Waals surface area contributed by atoms with Gasteiger partial charge in [-0.3, -0.25) is 0 Å². The van der Waals surface area contributed by atoms with Gasteiger partial charge in [-0.2, -0.15) is 26.3 Å². The molecule has 0 N–H and O–H groups in total. The fourth-order valence-electron chi connectivity index (χ4n) is 6.37. The van der Waals surface area contributed by atoms with Gasteiger partial charge in [-0.1, -0.05) is 51.2 Å². The zero-order valence-corrected chi connectivity index (χ0v) is 24.9. The van der Waals surface area contributed by atoms with Crippen molar-refractivity contribution >= 4 is 22.8 Å². The quantitative estimate of drug-likeness (QED) is 0.181. The minimum absolute atomic E-state index is 0.0885. The summed E-state index contributed by atoms with van der Waals surface area (Å²) in [5, 5.41) is 0. The zero-order chi connectivity index (χ0) is 31.1. The summed E-state index contributed by atoms with van der Waals surface area (Å²) in [6, 6.07) is 10.2. The van der Waals surface area contributed by atoms with Gasteiger partial charge < -0.3 is 9.47 Å². The van der Waals surface area contributed by atoms with Crippen LogP contribution in [0.5, 0.6) is 11.5 Å². The maximum absolute atomic E-state index is 15.3. The van der Waals surface area contributed by atoms with Gasteiger partial charge in [-0.25, -0.2) is 8.78 Å². The molecule has 3 aromatic carbocycles. The third kappa shape index (κ3) is 6.25. The number of hydrogen-bond acceptors (Lipinski definition) is 5. The number of hydrogen-bond donors (Lipinski definition) is 0. The third-order valence-corrected chi connectivity index (χ3v) is 9.48. The molecule has 1 heterocycles. The topological polar surface area (TPSA) is 44.2 Å². The number of aromatic nitrogens is 2. The number of halogens is 6. The van der Waals surface area contributed by atoms with Crippen LogP contribution in [0.1, 0.15) is 64.7 Å². The van der Waals surface area contributed by atoms with Gasteiger partial charge in [0.05, 0.1) is 23.6 Å². The Morgan fingerprint density at radius 1 is 0.614 bits per heavy atom. The Balaban J connectivity index is 1.23. The molecule has 2 aliphatic rings. The molecular formula is C33H32F6N2O2S. The predicted molar refractivity (Wildman–Crippen MR) is 157 cm³/mol. The van der Waals surface area contributed by atoms with Crippen molar-refractivity contribution in [3.63, 3.8) is 0 Å². The van der Waals surface area contributed by atoms with E-state index in [1.807, 2.05) is 6.92 Å². The van der Waals surface area contributed by atoms with Crippen molar-refractivity contribution in [2.75, 3.05) is 0 Å². The van der Waals surface area contributed by atoms with Crippen LogP contribution in [0.25, 0.3) is 33.3 Å². The van der Waals surface area contributed by atoms with E-state index in [0.29, 0.717) is 68.4 Å². The first-order valence-electron chi connectivity index (χ1n) is 15.0. The summed E-state index contributed by atoms with van der Waals surface area (Å²) >= 11 is 0.843. The SMILES string of the molecule is C[C@H]1CC[C@H](C(F)(F)Oc2ccc(-c3ccc(-c4ccc(OC(F)(F)C5CCCCC5)cc4F)c4nsnc34)c(F)c2)CC1. The second-order valence-electron chi connectivity index (χ2n) is 12.0. The van der Waals surface area contributed by atoms with Crippen molar-refractivity contribution in [1.82, 2.24) is 8.75 Å². The molecule has 1 aromatic heterocycles. The van der Waals surface area contributed by atoms with Crippen LogP contribution in [0.4, 0.5) is 26.3 Å². The molecule has 0 spiro atoms. The van der Waals surface area contributed by atoms with Gasteiger partial charge >= 0.3 is 12.2 Å². The minimum Gasteiger partial charge on any atom is -0.432 e. The molecule has 0 aliphatic heterocycles. The zero-order valence-electron chi connectivity index (χ0n) is 24.1. The largest absolute Gasteiger partial charge is 0.432 e. The predicted octanol–water partition coefficient (Wildman–Crippen LogP) is 10.7. The third-order valence-electron chi connectivity index (χ3n) is 8.96. The van der Waals surface area contributed by atoms with Crippen LogP contribution in [0.3, 0.4) is 0 Å². The Morgan fingerprint density at radius 3 is 1.50 bits per heavy atom. The van der Waals surface area contributed by atoms with Crippen LogP contribution < -0.4 is 9.47 Å². The summed E-state index contributed by atoms with van der Waals surface area (Å²) in [5.74, 6) is -3.57. The van der Waals surface area contributed by atoms with Crippen molar-refractivity contribution in [3.8, 4) is 33.8 Å². The van der Waals surface area contributed by atoms with E-state index in [9.17, 15) is 17.6 Å². The smallest absolute Gasteiger partial charge is 0.400 e. The number of ether oxygens (including phenoxy) is 2. The van der Waals surface area contributed by atoms with Gasteiger partial charge in [0, 0.05) is 34.4 Å². The van der Waals surface area contributed by atoms with E-state index < -0.39 is 35.7 Å². The molecule has 0 bridgehead atoms. The maximum atomic E-state index is 15.3. The van der Waals surface area contributed by atoms with Crippen molar-refractivity contribution in [2.45, 2.75) is 76.9 Å². The van der Waals surface area contributed by atoms with Crippen molar-refractivity contribution < 1.29 is 35.8 Å². The molecule has 2 fully saturated rings. The molecular weight excluding hydrogens is 602 g/mol. The standard InChI is InChI=1S/C33H32F6N2O2S/c1-19-7-9-21(10-8-19)33(38,39)43-23-12-14-25(29(35)18-23)27-16-15-26(30-31(27)41-44-40-30)24-13-11-22(17-28(24)34)42-32(36,37)20-5-3-2-4-6-20/h11-21H,2-10H2,1H3/t19-,21-. The molecule has 44 heavy (non-hydrogen) atoms. The summed E-state index contributed by atoms with van der Waals surface area (Å²) < 4.78 is 108. The monoisotopic (exact) mass is 634 g/mol. The Morgan fingerprint density at radius 2 is 1.05 bits per heavy atom. The molecule has 0 amide bonds. The highest BCUT2D eigenvalue weighted by atomic mass is 32.1. The highest BCUT2D eigenvalue weighted by Gasteiger charge is 2.44. The first-order chi connectivity index (χ1) is 21.0. The van der Waals surface area contributed by atoms with Gasteiger partial charge in [0.25, 0.3) is 0 Å². The fourth-order valence-corrected chi connectivity index (χ4v) is 6.95. The van der Waals surface area contributed by atoms with Crippen LogP contribution >= 0.6 is 11.7 Å². The normalized spacial score (nSPS) is 20.2. The van der Waals surface area contributed by atoms with E-state index in [-0.39, 0.29) is 33.7 Å². The van der Waals surface area contributed by atoms with Crippen LogP contribution in [0.15, 0.2) is 48.5 Å². The molecule has 0 unspecified atom stereocenters. The Bertz CT molecular complexity index is 1630. The average molecular weight is 635 g/mol. The molecule has 11 heteroatoms. The highest BCUT2D eigenvalue weighted by Crippen LogP contribution is 2.43. The van der Waals surface area contributed by atoms with Gasteiger partial charge in [0.15, 0.2) is 0 Å². The summed E-state index contributed by atoms with van der Waals surface area (Å²) in [6.07, 6.45) is -1.68. The second-order valence-corrected chi connectivity index (χ2v) is 12.6. The summed E-state index contributed by atoms with van der Waals surface area (Å²) in [5.41, 5.74) is 1.41. The number of alkyl halides is 4. The summed E-state index contributed by atoms with van der Waals surface area (Å²) in [6.45, 7) is 2.04. The molecule has 6 rings (SSSR count). The summed E-state index contributed by atoms with van der Waals surface area (Å²) in [7, 11) is 0. The summed E-state index contributed by atoms with van der Waals surface area (Å²) in [4.78, 5) is 0. The van der Waals surface area contributed by atoms with Gasteiger partial charge in [0.1, 0.15) is 34.2 Å². The molecule has 0 saturated heterocycles. The number of benzene rings is 3. The average Bonchev–Trinajstić information content (AvgIpc) is 3.48. The van der Waals surface area contributed by atoms with E-state index in [4.69, 9.17) is 9.47 Å². The maximum Gasteiger partial charge on any atom is 0.400 e. The van der Waals surface area contributed by atoms with Crippen molar-refractivity contribution in [3.05, 3.63) is 60.2 Å². The number of rotatable bonds is 8. The van der Waals surface area contributed by atoms with Crippen LogP contribution in [0, 0.1) is 29.4 Å². The molecule has 0 atom stereocenters. The van der Waals surface area contributed by atoms with Crippen molar-refractivity contribution in [2.24, 2.45) is 17.8 Å². The molecule has 0 radical (unpaired) electrons. The molecule has 4 aromatic rings. The Hall–Kier alpha value is -3.34. The lowest BCUT2D eigenvalue weighted by atomic mass is 9.82. The van der Waals surface area contributed by atoms with Gasteiger partial charge in [0.2, 0.25) is 0 Å². The van der Waals surface area contributed by atoms with E-state index in [0.717, 1.165) is 30.3 Å². The first kappa shape index (κ1) is 30.7. The lowest BCUT2D eigenvalue weighted by Crippen LogP contribution is -2.37.